The fourth-order valence-electron chi connectivity index (χ4n) is 3.91. The van der Waals surface area contributed by atoms with Crippen LogP contribution in [0.3, 0.4) is 0 Å². The van der Waals surface area contributed by atoms with Gasteiger partial charge in [0.25, 0.3) is 5.91 Å². The molecule has 3 heterocycles. The Hall–Kier alpha value is -3.93. The van der Waals surface area contributed by atoms with Gasteiger partial charge in [0.2, 0.25) is 0 Å². The number of pyridine rings is 1. The highest BCUT2D eigenvalue weighted by atomic mass is 19.4. The van der Waals surface area contributed by atoms with Crippen molar-refractivity contribution >= 4 is 11.9 Å². The summed E-state index contributed by atoms with van der Waals surface area (Å²) in [4.78, 5) is 31.0. The number of amides is 1. The molecule has 1 amide bonds. The first-order valence-corrected chi connectivity index (χ1v) is 12.2. The second-order valence-corrected chi connectivity index (χ2v) is 8.58. The number of hydrogen-bond donors (Lipinski definition) is 2. The van der Waals surface area contributed by atoms with Crippen molar-refractivity contribution in [3.8, 4) is 22.8 Å². The van der Waals surface area contributed by atoms with Crippen LogP contribution < -0.4 is 10.1 Å². The zero-order valence-corrected chi connectivity index (χ0v) is 21.3. The highest BCUT2D eigenvalue weighted by Crippen LogP contribution is 2.25. The molecular weight excluding hydrogens is 503 g/mol. The van der Waals surface area contributed by atoms with E-state index in [9.17, 15) is 27.9 Å². The number of ether oxygens (including phenoxy) is 1. The molecule has 0 radical (unpaired) electrons. The number of carbonyl (C=O) groups is 2. The average molecular weight is 534 g/mol. The van der Waals surface area contributed by atoms with E-state index in [4.69, 9.17) is 4.74 Å². The van der Waals surface area contributed by atoms with Crippen LogP contribution in [0.5, 0.6) is 5.75 Å². The molecule has 0 bridgehead atoms. The van der Waals surface area contributed by atoms with Gasteiger partial charge < -0.3 is 20.1 Å². The summed E-state index contributed by atoms with van der Waals surface area (Å²) in [7, 11) is 1.99. The molecule has 1 fully saturated rings. The summed E-state index contributed by atoms with van der Waals surface area (Å²) in [5.74, 6) is -1.24. The monoisotopic (exact) mass is 533 g/mol. The molecule has 0 spiro atoms. The Kier molecular flexibility index (Phi) is 9.45. The Balaban J connectivity index is 0.00000195. The molecule has 0 saturated carbocycles. The van der Waals surface area contributed by atoms with Crippen LogP contribution in [0.15, 0.2) is 48.8 Å². The van der Waals surface area contributed by atoms with E-state index < -0.39 is 18.8 Å². The predicted octanol–water partition coefficient (Wildman–Crippen LogP) is 4.42. The van der Waals surface area contributed by atoms with E-state index in [2.05, 4.69) is 20.3 Å². The lowest BCUT2D eigenvalue weighted by Crippen LogP contribution is -2.46. The van der Waals surface area contributed by atoms with Crippen LogP contribution in [-0.2, 0) is 0 Å². The smallest absolute Gasteiger partial charge is 0.422 e. The van der Waals surface area contributed by atoms with Gasteiger partial charge in [-0.3, -0.25) is 4.79 Å². The molecule has 12 heteroatoms. The number of nitrogens with zero attached hydrogens (tertiary/aromatic N) is 4. The molecule has 1 saturated heterocycles. The number of piperidine rings is 1. The number of carboxylic acids is 1. The van der Waals surface area contributed by atoms with Gasteiger partial charge in [-0.05, 0) is 62.8 Å². The minimum absolute atomic E-state index is 0.0234. The highest BCUT2D eigenvalue weighted by Gasteiger charge is 2.28. The van der Waals surface area contributed by atoms with E-state index >= 15 is 0 Å². The number of alkyl halides is 3. The number of aromatic nitrogens is 3. The van der Waals surface area contributed by atoms with Crippen LogP contribution in [0.1, 0.15) is 47.4 Å². The molecule has 3 aromatic rings. The molecular formula is C26H30F3N5O4. The second kappa shape index (κ2) is 12.5. The van der Waals surface area contributed by atoms with Crippen molar-refractivity contribution in [2.45, 2.75) is 38.9 Å². The Labute approximate surface area is 218 Å². The maximum absolute atomic E-state index is 13.1. The lowest BCUT2D eigenvalue weighted by molar-refractivity contribution is -0.153. The van der Waals surface area contributed by atoms with Gasteiger partial charge in [0.15, 0.2) is 12.4 Å². The first kappa shape index (κ1) is 28.6. The van der Waals surface area contributed by atoms with Gasteiger partial charge in [-0.15, -0.1) is 0 Å². The van der Waals surface area contributed by atoms with E-state index in [-0.39, 0.29) is 34.6 Å². The molecule has 204 valence electrons. The number of carbonyl (C=O) groups excluding carboxylic acids is 1. The standard InChI is InChI=1S/C24H24F3N5O4.C2H6/c1-31-8-2-3-18(13-31)29-22(33)16-9-20(15-4-6-19(7-5-15)36-14-24(25,26)27)30-21(10-16)32-12-17(11-28-32)23(34)35;1-2/h4-7,9-12,18H,2-3,8,13-14H2,1H3,(H,29,33)(H,34,35);1-2H3. The van der Waals surface area contributed by atoms with Gasteiger partial charge in [0, 0.05) is 29.9 Å². The lowest BCUT2D eigenvalue weighted by atomic mass is 10.0. The molecule has 2 N–H and O–H groups in total. The second-order valence-electron chi connectivity index (χ2n) is 8.58. The lowest BCUT2D eigenvalue weighted by Gasteiger charge is -2.30. The number of benzene rings is 1. The van der Waals surface area contributed by atoms with Crippen LogP contribution in [0.2, 0.25) is 0 Å². The molecule has 1 atom stereocenters. The van der Waals surface area contributed by atoms with E-state index in [1.165, 1.54) is 47.4 Å². The fraction of sp³-hybridized carbons (Fsp3) is 0.385. The third-order valence-corrected chi connectivity index (χ3v) is 5.65. The van der Waals surface area contributed by atoms with Gasteiger partial charge in [0.1, 0.15) is 5.75 Å². The summed E-state index contributed by atoms with van der Waals surface area (Å²) < 4.78 is 43.3. The zero-order chi connectivity index (χ0) is 27.9. The van der Waals surface area contributed by atoms with Crippen molar-refractivity contribution in [3.63, 3.8) is 0 Å². The molecule has 4 rings (SSSR count). The normalized spacial score (nSPS) is 15.8. The highest BCUT2D eigenvalue weighted by molar-refractivity contribution is 5.96. The molecule has 38 heavy (non-hydrogen) atoms. The van der Waals surface area contributed by atoms with Crippen LogP contribution in [0.4, 0.5) is 13.2 Å². The summed E-state index contributed by atoms with van der Waals surface area (Å²) in [6.07, 6.45) is -0.201. The van der Waals surface area contributed by atoms with Crippen LogP contribution in [0, 0.1) is 0 Å². The zero-order valence-electron chi connectivity index (χ0n) is 21.3. The topological polar surface area (TPSA) is 110 Å². The number of likely N-dealkylation sites (tertiary alicyclic amines) is 1. The minimum Gasteiger partial charge on any atom is -0.484 e. The number of halogens is 3. The first-order valence-electron chi connectivity index (χ1n) is 12.2. The summed E-state index contributed by atoms with van der Waals surface area (Å²) in [6.45, 7) is 4.27. The molecule has 0 aliphatic carbocycles. The third-order valence-electron chi connectivity index (χ3n) is 5.65. The summed E-state index contributed by atoms with van der Waals surface area (Å²) in [5.41, 5.74) is 1.11. The number of hydrogen-bond acceptors (Lipinski definition) is 6. The predicted molar refractivity (Wildman–Crippen MR) is 135 cm³/mol. The third kappa shape index (κ3) is 7.78. The van der Waals surface area contributed by atoms with E-state index in [0.717, 1.165) is 25.9 Å². The first-order chi connectivity index (χ1) is 18.1. The number of carboxylic acid groups (broad SMARTS) is 1. The Morgan fingerprint density at radius 1 is 1.16 bits per heavy atom. The number of nitrogens with one attached hydrogen (secondary N) is 1. The Morgan fingerprint density at radius 3 is 2.47 bits per heavy atom. The van der Waals surface area contributed by atoms with Gasteiger partial charge in [-0.1, -0.05) is 13.8 Å². The Morgan fingerprint density at radius 2 is 1.87 bits per heavy atom. The SMILES string of the molecule is CC.CN1CCCC(NC(=O)c2cc(-c3ccc(OCC(F)(F)F)cc3)nc(-n3cc(C(=O)O)cn3)c2)C1. The fourth-order valence-corrected chi connectivity index (χ4v) is 3.91. The molecule has 1 aromatic carbocycles. The summed E-state index contributed by atoms with van der Waals surface area (Å²) in [5, 5.41) is 16.3. The molecule has 1 aliphatic rings. The van der Waals surface area contributed by atoms with Crippen molar-refractivity contribution in [1.29, 1.82) is 0 Å². The van der Waals surface area contributed by atoms with Gasteiger partial charge in [0.05, 0.1) is 17.5 Å². The molecule has 1 unspecified atom stereocenters. The summed E-state index contributed by atoms with van der Waals surface area (Å²) in [6, 6.07) is 8.86. The van der Waals surface area contributed by atoms with E-state index in [1.807, 2.05) is 20.9 Å². The maximum Gasteiger partial charge on any atom is 0.422 e. The van der Waals surface area contributed by atoms with Crippen molar-refractivity contribution in [3.05, 3.63) is 59.9 Å². The molecule has 9 nitrogen and oxygen atoms in total. The average Bonchev–Trinajstić information content (AvgIpc) is 3.39. The number of likely N-dealkylation sites (N-methyl/N-ethyl adjacent to an activating group) is 1. The van der Waals surface area contributed by atoms with Crippen LogP contribution >= 0.6 is 0 Å². The van der Waals surface area contributed by atoms with E-state index in [0.29, 0.717) is 11.3 Å². The van der Waals surface area contributed by atoms with Crippen LogP contribution in [-0.4, -0.2) is 75.6 Å². The number of aromatic carboxylic acids is 1. The maximum atomic E-state index is 13.1. The Bertz CT molecular complexity index is 1240. The van der Waals surface area contributed by atoms with Crippen LogP contribution in [0.25, 0.3) is 17.1 Å². The van der Waals surface area contributed by atoms with E-state index in [1.54, 1.807) is 6.07 Å². The quantitative estimate of drug-likeness (QED) is 0.463. The largest absolute Gasteiger partial charge is 0.484 e. The molecule has 1 aliphatic heterocycles. The number of rotatable bonds is 7. The van der Waals surface area contributed by atoms with Crippen molar-refractivity contribution in [2.75, 3.05) is 26.7 Å². The van der Waals surface area contributed by atoms with Crippen molar-refractivity contribution in [2.24, 2.45) is 0 Å². The van der Waals surface area contributed by atoms with Crippen molar-refractivity contribution < 1.29 is 32.6 Å². The van der Waals surface area contributed by atoms with Gasteiger partial charge in [-0.2, -0.15) is 18.3 Å². The van der Waals surface area contributed by atoms with Gasteiger partial charge in [-0.25, -0.2) is 14.5 Å². The van der Waals surface area contributed by atoms with Gasteiger partial charge >= 0.3 is 12.1 Å². The summed E-state index contributed by atoms with van der Waals surface area (Å²) >= 11 is 0. The minimum atomic E-state index is -4.46. The van der Waals surface area contributed by atoms with Crippen molar-refractivity contribution in [1.82, 2.24) is 25.0 Å². The molecule has 2 aromatic heterocycles.